The standard InChI is InChI=1S/C10H16N4O/c1-2-6-11-8(3-1)9-13-14-10(15-9)12-7-4-5-7/h7-8,11H,1-6H2,(H,12,14). The molecule has 5 nitrogen and oxygen atoms in total. The Bertz CT molecular complexity index is 328. The summed E-state index contributed by atoms with van der Waals surface area (Å²) < 4.78 is 5.58. The topological polar surface area (TPSA) is 63.0 Å². The molecule has 1 saturated carbocycles. The van der Waals surface area contributed by atoms with Crippen LogP contribution in [0.2, 0.25) is 0 Å². The van der Waals surface area contributed by atoms with Crippen molar-refractivity contribution in [1.29, 1.82) is 0 Å². The van der Waals surface area contributed by atoms with Gasteiger partial charge in [0.15, 0.2) is 0 Å². The molecule has 1 unspecified atom stereocenters. The van der Waals surface area contributed by atoms with Crippen molar-refractivity contribution in [1.82, 2.24) is 15.5 Å². The Labute approximate surface area is 88.6 Å². The van der Waals surface area contributed by atoms with Gasteiger partial charge in [-0.25, -0.2) is 0 Å². The van der Waals surface area contributed by atoms with Crippen LogP contribution in [0.1, 0.15) is 44.0 Å². The van der Waals surface area contributed by atoms with Crippen LogP contribution in [0.5, 0.6) is 0 Å². The second-order valence-electron chi connectivity index (χ2n) is 4.37. The molecule has 15 heavy (non-hydrogen) atoms. The average molecular weight is 208 g/mol. The first kappa shape index (κ1) is 9.15. The number of anilines is 1. The van der Waals surface area contributed by atoms with E-state index in [4.69, 9.17) is 4.42 Å². The molecule has 0 radical (unpaired) electrons. The molecule has 3 rings (SSSR count). The molecular formula is C10H16N4O. The minimum absolute atomic E-state index is 0.265. The first-order chi connectivity index (χ1) is 7.42. The number of aromatic nitrogens is 2. The molecule has 0 spiro atoms. The normalized spacial score (nSPS) is 26.5. The number of hydrogen-bond donors (Lipinski definition) is 2. The van der Waals surface area contributed by atoms with Crippen LogP contribution >= 0.6 is 0 Å². The third-order valence-electron chi connectivity index (χ3n) is 2.95. The van der Waals surface area contributed by atoms with Crippen molar-refractivity contribution >= 4 is 6.01 Å². The van der Waals surface area contributed by atoms with Crippen molar-refractivity contribution in [2.24, 2.45) is 0 Å². The van der Waals surface area contributed by atoms with Gasteiger partial charge in [-0.15, -0.1) is 5.10 Å². The summed E-state index contributed by atoms with van der Waals surface area (Å²) in [5.41, 5.74) is 0. The fourth-order valence-corrected chi connectivity index (χ4v) is 1.90. The quantitative estimate of drug-likeness (QED) is 0.787. The van der Waals surface area contributed by atoms with Crippen LogP contribution in [0.3, 0.4) is 0 Å². The predicted molar refractivity (Wildman–Crippen MR) is 55.5 cm³/mol. The highest BCUT2D eigenvalue weighted by molar-refractivity contribution is 5.22. The van der Waals surface area contributed by atoms with Gasteiger partial charge in [0.1, 0.15) is 0 Å². The van der Waals surface area contributed by atoms with Gasteiger partial charge in [-0.2, -0.15) is 0 Å². The highest BCUT2D eigenvalue weighted by Crippen LogP contribution is 2.26. The molecule has 1 atom stereocenters. The van der Waals surface area contributed by atoms with Gasteiger partial charge in [-0.3, -0.25) is 0 Å². The lowest BCUT2D eigenvalue weighted by atomic mass is 10.1. The number of rotatable bonds is 3. The zero-order valence-electron chi connectivity index (χ0n) is 8.70. The van der Waals surface area contributed by atoms with E-state index in [-0.39, 0.29) is 6.04 Å². The van der Waals surface area contributed by atoms with E-state index in [0.717, 1.165) is 18.9 Å². The molecule has 5 heteroatoms. The lowest BCUT2D eigenvalue weighted by molar-refractivity contribution is 0.342. The molecule has 0 bridgehead atoms. The largest absolute Gasteiger partial charge is 0.406 e. The molecule has 0 amide bonds. The first-order valence-electron chi connectivity index (χ1n) is 5.75. The number of nitrogens with one attached hydrogen (secondary N) is 2. The Balaban J connectivity index is 1.65. The molecule has 1 aliphatic heterocycles. The van der Waals surface area contributed by atoms with E-state index < -0.39 is 0 Å². The molecule has 2 N–H and O–H groups in total. The Hall–Kier alpha value is -1.10. The smallest absolute Gasteiger partial charge is 0.315 e. The van der Waals surface area contributed by atoms with Crippen molar-refractivity contribution in [3.63, 3.8) is 0 Å². The molecular weight excluding hydrogens is 192 g/mol. The molecule has 2 heterocycles. The van der Waals surface area contributed by atoms with E-state index in [9.17, 15) is 0 Å². The highest BCUT2D eigenvalue weighted by atomic mass is 16.4. The summed E-state index contributed by atoms with van der Waals surface area (Å²) in [6, 6.07) is 1.42. The Morgan fingerprint density at radius 2 is 2.13 bits per heavy atom. The van der Waals surface area contributed by atoms with E-state index in [0.29, 0.717) is 12.1 Å². The number of piperidine rings is 1. The van der Waals surface area contributed by atoms with Crippen molar-refractivity contribution < 1.29 is 4.42 Å². The van der Waals surface area contributed by atoms with Crippen LogP contribution in [-0.2, 0) is 0 Å². The lowest BCUT2D eigenvalue weighted by Gasteiger charge is -2.19. The molecule has 82 valence electrons. The molecule has 2 fully saturated rings. The SMILES string of the molecule is C1CCC(c2nnc(NC3CC3)o2)NC1. The van der Waals surface area contributed by atoms with Gasteiger partial charge in [0.2, 0.25) is 5.89 Å². The van der Waals surface area contributed by atoms with Crippen LogP contribution < -0.4 is 10.6 Å². The van der Waals surface area contributed by atoms with Crippen molar-refractivity contribution in [3.05, 3.63) is 5.89 Å². The summed E-state index contributed by atoms with van der Waals surface area (Å²) in [6.45, 7) is 1.05. The molecule has 2 aliphatic rings. The van der Waals surface area contributed by atoms with Gasteiger partial charge in [0, 0.05) is 6.04 Å². The summed E-state index contributed by atoms with van der Waals surface area (Å²) in [7, 11) is 0. The highest BCUT2D eigenvalue weighted by Gasteiger charge is 2.25. The van der Waals surface area contributed by atoms with Crippen LogP contribution in [-0.4, -0.2) is 22.8 Å². The molecule has 1 aromatic rings. The summed E-state index contributed by atoms with van der Waals surface area (Å²) in [6.07, 6.45) is 6.03. The van der Waals surface area contributed by atoms with E-state index in [1.165, 1.54) is 25.7 Å². The average Bonchev–Trinajstić information content (AvgIpc) is 2.96. The Morgan fingerprint density at radius 3 is 2.87 bits per heavy atom. The second-order valence-corrected chi connectivity index (χ2v) is 4.37. The lowest BCUT2D eigenvalue weighted by Crippen LogP contribution is -2.26. The summed E-state index contributed by atoms with van der Waals surface area (Å²) in [5.74, 6) is 0.734. The minimum atomic E-state index is 0.265. The van der Waals surface area contributed by atoms with Gasteiger partial charge < -0.3 is 15.1 Å². The Kier molecular flexibility index (Phi) is 2.32. The van der Waals surface area contributed by atoms with Gasteiger partial charge in [-0.05, 0) is 32.2 Å². The number of hydrogen-bond acceptors (Lipinski definition) is 5. The maximum atomic E-state index is 5.58. The molecule has 1 aliphatic carbocycles. The van der Waals surface area contributed by atoms with Crippen molar-refractivity contribution in [3.8, 4) is 0 Å². The second kappa shape index (κ2) is 3.81. The van der Waals surface area contributed by atoms with Gasteiger partial charge >= 0.3 is 6.01 Å². The zero-order valence-corrected chi connectivity index (χ0v) is 8.70. The van der Waals surface area contributed by atoms with Gasteiger partial charge in [0.05, 0.1) is 6.04 Å². The van der Waals surface area contributed by atoms with E-state index in [1.807, 2.05) is 0 Å². The van der Waals surface area contributed by atoms with Gasteiger partial charge in [0.25, 0.3) is 0 Å². The van der Waals surface area contributed by atoms with Crippen LogP contribution in [0.15, 0.2) is 4.42 Å². The zero-order chi connectivity index (χ0) is 10.1. The third kappa shape index (κ3) is 2.12. The first-order valence-corrected chi connectivity index (χ1v) is 5.75. The maximum Gasteiger partial charge on any atom is 0.315 e. The Morgan fingerprint density at radius 1 is 1.20 bits per heavy atom. The van der Waals surface area contributed by atoms with Gasteiger partial charge in [-0.1, -0.05) is 11.5 Å². The van der Waals surface area contributed by atoms with E-state index in [2.05, 4.69) is 20.8 Å². The van der Waals surface area contributed by atoms with Crippen molar-refractivity contribution in [2.45, 2.75) is 44.2 Å². The van der Waals surface area contributed by atoms with Crippen LogP contribution in [0.25, 0.3) is 0 Å². The van der Waals surface area contributed by atoms with E-state index in [1.54, 1.807) is 0 Å². The monoisotopic (exact) mass is 208 g/mol. The predicted octanol–water partition coefficient (Wildman–Crippen LogP) is 1.46. The molecule has 1 saturated heterocycles. The molecule has 0 aromatic carbocycles. The van der Waals surface area contributed by atoms with Crippen LogP contribution in [0.4, 0.5) is 6.01 Å². The van der Waals surface area contributed by atoms with Crippen LogP contribution in [0, 0.1) is 0 Å². The fourth-order valence-electron chi connectivity index (χ4n) is 1.90. The maximum absolute atomic E-state index is 5.58. The third-order valence-corrected chi connectivity index (χ3v) is 2.95. The summed E-state index contributed by atoms with van der Waals surface area (Å²) in [4.78, 5) is 0. The number of nitrogens with zero attached hydrogens (tertiary/aromatic N) is 2. The fraction of sp³-hybridized carbons (Fsp3) is 0.800. The minimum Gasteiger partial charge on any atom is -0.406 e. The summed E-state index contributed by atoms with van der Waals surface area (Å²) in [5, 5.41) is 14.7. The summed E-state index contributed by atoms with van der Waals surface area (Å²) >= 11 is 0. The van der Waals surface area contributed by atoms with E-state index >= 15 is 0 Å². The molecule has 1 aromatic heterocycles. The van der Waals surface area contributed by atoms with Crippen molar-refractivity contribution in [2.75, 3.05) is 11.9 Å².